The molecule has 0 saturated carbocycles. The molecule has 2 nitrogen and oxygen atoms in total. The molecule has 0 amide bonds. The number of rotatable bonds is 7. The average molecular weight is 173 g/mol. The molecule has 0 aromatic heterocycles. The molecule has 0 aromatic rings. The van der Waals surface area contributed by atoms with Gasteiger partial charge >= 0.3 is 0 Å². The van der Waals surface area contributed by atoms with Crippen LogP contribution < -0.4 is 0 Å². The molecule has 0 aliphatic heterocycles. The van der Waals surface area contributed by atoms with Crippen LogP contribution in [0.2, 0.25) is 0 Å². The Morgan fingerprint density at radius 1 is 1.42 bits per heavy atom. The number of hydrogen-bond donors (Lipinski definition) is 0. The van der Waals surface area contributed by atoms with Crippen molar-refractivity contribution in [3.8, 4) is 0 Å². The number of hydrogen-bond acceptors (Lipinski definition) is 2. The van der Waals surface area contributed by atoms with Crippen molar-refractivity contribution in [2.75, 3.05) is 27.3 Å². The molecule has 0 fully saturated rings. The monoisotopic (exact) mass is 173 g/mol. The van der Waals surface area contributed by atoms with Crippen LogP contribution >= 0.6 is 0 Å². The highest BCUT2D eigenvalue weighted by Gasteiger charge is 2.06. The van der Waals surface area contributed by atoms with Gasteiger partial charge in [-0.25, -0.2) is 0 Å². The molecular weight excluding hydrogens is 150 g/mol. The summed E-state index contributed by atoms with van der Waals surface area (Å²) < 4.78 is 5.03. The van der Waals surface area contributed by atoms with E-state index in [1.54, 1.807) is 7.11 Å². The van der Waals surface area contributed by atoms with E-state index in [0.717, 1.165) is 13.2 Å². The fraction of sp³-hybridized carbons (Fsp3) is 1.00. The van der Waals surface area contributed by atoms with Crippen molar-refractivity contribution in [3.05, 3.63) is 0 Å². The molecule has 0 spiro atoms. The lowest BCUT2D eigenvalue weighted by atomic mass is 10.1. The van der Waals surface area contributed by atoms with Crippen LogP contribution in [0.3, 0.4) is 0 Å². The molecular formula is C10H23NO. The van der Waals surface area contributed by atoms with E-state index in [4.69, 9.17) is 4.74 Å². The number of methoxy groups -OCH3 is 1. The van der Waals surface area contributed by atoms with Gasteiger partial charge in [0.1, 0.15) is 0 Å². The quantitative estimate of drug-likeness (QED) is 0.585. The Morgan fingerprint density at radius 3 is 2.58 bits per heavy atom. The minimum Gasteiger partial charge on any atom is -0.383 e. The van der Waals surface area contributed by atoms with Gasteiger partial charge in [-0.05, 0) is 20.4 Å². The smallest absolute Gasteiger partial charge is 0.0589 e. The molecule has 0 N–H and O–H groups in total. The second-order valence-electron chi connectivity index (χ2n) is 3.46. The van der Waals surface area contributed by atoms with Gasteiger partial charge in [-0.3, -0.25) is 0 Å². The van der Waals surface area contributed by atoms with Crippen molar-refractivity contribution in [1.29, 1.82) is 0 Å². The fourth-order valence-corrected chi connectivity index (χ4v) is 1.18. The molecule has 0 radical (unpaired) electrons. The van der Waals surface area contributed by atoms with Crippen LogP contribution in [0.15, 0.2) is 0 Å². The lowest BCUT2D eigenvalue weighted by Gasteiger charge is -2.23. The molecule has 0 bridgehead atoms. The Bertz CT molecular complexity index is 83.8. The van der Waals surface area contributed by atoms with Crippen molar-refractivity contribution in [2.24, 2.45) is 0 Å². The number of unbranched alkanes of at least 4 members (excludes halogenated alkanes) is 1. The molecule has 12 heavy (non-hydrogen) atoms. The average Bonchev–Trinajstić information content (AvgIpc) is 2.10. The highest BCUT2D eigenvalue weighted by atomic mass is 16.5. The molecule has 1 unspecified atom stereocenters. The highest BCUT2D eigenvalue weighted by molar-refractivity contribution is 4.62. The summed E-state index contributed by atoms with van der Waals surface area (Å²) in [4.78, 5) is 2.36. The number of ether oxygens (including phenoxy) is 1. The van der Waals surface area contributed by atoms with E-state index in [2.05, 4.69) is 25.8 Å². The molecule has 0 aliphatic carbocycles. The normalized spacial score (nSPS) is 13.8. The first kappa shape index (κ1) is 11.9. The standard InChI is InChI=1S/C10H23NO/c1-5-6-7-10(2)11(3)8-9-12-4/h10H,5-9H2,1-4H3. The maximum atomic E-state index is 5.03. The molecule has 0 aromatic carbocycles. The van der Waals surface area contributed by atoms with E-state index in [-0.39, 0.29) is 0 Å². The van der Waals surface area contributed by atoms with E-state index in [9.17, 15) is 0 Å². The fourth-order valence-electron chi connectivity index (χ4n) is 1.18. The first-order chi connectivity index (χ1) is 5.72. The lowest BCUT2D eigenvalue weighted by molar-refractivity contribution is 0.139. The summed E-state index contributed by atoms with van der Waals surface area (Å²) >= 11 is 0. The van der Waals surface area contributed by atoms with E-state index in [1.807, 2.05) is 0 Å². The van der Waals surface area contributed by atoms with E-state index in [1.165, 1.54) is 19.3 Å². The lowest BCUT2D eigenvalue weighted by Crippen LogP contribution is -2.31. The van der Waals surface area contributed by atoms with Gasteiger partial charge in [0.05, 0.1) is 6.61 Å². The number of nitrogens with zero attached hydrogens (tertiary/aromatic N) is 1. The largest absolute Gasteiger partial charge is 0.383 e. The molecule has 0 saturated heterocycles. The third-order valence-corrected chi connectivity index (χ3v) is 2.38. The van der Waals surface area contributed by atoms with Gasteiger partial charge < -0.3 is 9.64 Å². The summed E-state index contributed by atoms with van der Waals surface area (Å²) in [5.74, 6) is 0. The maximum absolute atomic E-state index is 5.03. The van der Waals surface area contributed by atoms with Crippen molar-refractivity contribution in [1.82, 2.24) is 4.90 Å². The summed E-state index contributed by atoms with van der Waals surface area (Å²) in [5, 5.41) is 0. The zero-order valence-corrected chi connectivity index (χ0v) is 8.97. The molecule has 1 atom stereocenters. The van der Waals surface area contributed by atoms with Crippen LogP contribution in [0.1, 0.15) is 33.1 Å². The second-order valence-corrected chi connectivity index (χ2v) is 3.46. The highest BCUT2D eigenvalue weighted by Crippen LogP contribution is 2.05. The third kappa shape index (κ3) is 5.56. The van der Waals surface area contributed by atoms with Gasteiger partial charge in [0.15, 0.2) is 0 Å². The topological polar surface area (TPSA) is 12.5 Å². The summed E-state index contributed by atoms with van der Waals surface area (Å²) in [6.07, 6.45) is 3.93. The Labute approximate surface area is 76.9 Å². The molecule has 0 rings (SSSR count). The minimum absolute atomic E-state index is 0.695. The van der Waals surface area contributed by atoms with Crippen LogP contribution in [-0.4, -0.2) is 38.3 Å². The predicted molar refractivity (Wildman–Crippen MR) is 53.5 cm³/mol. The van der Waals surface area contributed by atoms with Crippen molar-refractivity contribution >= 4 is 0 Å². The Kier molecular flexibility index (Phi) is 7.51. The zero-order valence-electron chi connectivity index (χ0n) is 8.97. The van der Waals surface area contributed by atoms with Crippen molar-refractivity contribution in [2.45, 2.75) is 39.2 Å². The molecule has 0 aliphatic rings. The molecule has 2 heteroatoms. The summed E-state index contributed by atoms with van der Waals surface area (Å²) in [6, 6.07) is 0.695. The van der Waals surface area contributed by atoms with Gasteiger partial charge in [0.2, 0.25) is 0 Å². The van der Waals surface area contributed by atoms with Crippen LogP contribution in [0.5, 0.6) is 0 Å². The van der Waals surface area contributed by atoms with Gasteiger partial charge in [-0.15, -0.1) is 0 Å². The van der Waals surface area contributed by atoms with Crippen LogP contribution in [0.25, 0.3) is 0 Å². The second kappa shape index (κ2) is 7.56. The molecule has 0 heterocycles. The summed E-state index contributed by atoms with van der Waals surface area (Å²) in [5.41, 5.74) is 0. The summed E-state index contributed by atoms with van der Waals surface area (Å²) in [6.45, 7) is 6.40. The SMILES string of the molecule is CCCCC(C)N(C)CCOC. The van der Waals surface area contributed by atoms with E-state index < -0.39 is 0 Å². The Hall–Kier alpha value is -0.0800. The predicted octanol–water partition coefficient (Wildman–Crippen LogP) is 2.14. The zero-order chi connectivity index (χ0) is 9.40. The maximum Gasteiger partial charge on any atom is 0.0589 e. The number of likely N-dealkylation sites (N-methyl/N-ethyl adjacent to an activating group) is 1. The molecule has 74 valence electrons. The van der Waals surface area contributed by atoms with Gasteiger partial charge in [0.25, 0.3) is 0 Å². The third-order valence-electron chi connectivity index (χ3n) is 2.38. The van der Waals surface area contributed by atoms with Crippen LogP contribution in [-0.2, 0) is 4.74 Å². The Balaban J connectivity index is 3.39. The van der Waals surface area contributed by atoms with Crippen molar-refractivity contribution < 1.29 is 4.74 Å². The van der Waals surface area contributed by atoms with Crippen LogP contribution in [0.4, 0.5) is 0 Å². The van der Waals surface area contributed by atoms with Gasteiger partial charge in [-0.1, -0.05) is 19.8 Å². The first-order valence-electron chi connectivity index (χ1n) is 4.91. The minimum atomic E-state index is 0.695. The van der Waals surface area contributed by atoms with E-state index >= 15 is 0 Å². The van der Waals surface area contributed by atoms with Crippen LogP contribution in [0, 0.1) is 0 Å². The summed E-state index contributed by atoms with van der Waals surface area (Å²) in [7, 11) is 3.92. The van der Waals surface area contributed by atoms with E-state index in [0.29, 0.717) is 6.04 Å². The first-order valence-corrected chi connectivity index (χ1v) is 4.91. The van der Waals surface area contributed by atoms with Gasteiger partial charge in [-0.2, -0.15) is 0 Å². The van der Waals surface area contributed by atoms with Gasteiger partial charge in [0, 0.05) is 19.7 Å². The Morgan fingerprint density at radius 2 is 2.08 bits per heavy atom. The van der Waals surface area contributed by atoms with Crippen molar-refractivity contribution in [3.63, 3.8) is 0 Å².